The number of ether oxygens (including phenoxy) is 2. The molecule has 0 saturated heterocycles. The molecule has 0 bridgehead atoms. The normalized spacial score (nSPS) is 11.4. The molecule has 2 N–H and O–H groups in total. The summed E-state index contributed by atoms with van der Waals surface area (Å²) in [5.74, 6) is 0.603. The first-order valence-corrected chi connectivity index (χ1v) is 6.21. The minimum absolute atomic E-state index is 0.212. The molecule has 0 aliphatic heterocycles. The lowest BCUT2D eigenvalue weighted by Crippen LogP contribution is -2.03. The van der Waals surface area contributed by atoms with Crippen molar-refractivity contribution in [1.82, 2.24) is 10.2 Å². The number of hydrogen-bond acceptors (Lipinski definition) is 6. The van der Waals surface area contributed by atoms with E-state index in [0.29, 0.717) is 23.6 Å². The first-order valence-electron chi connectivity index (χ1n) is 5.39. The van der Waals surface area contributed by atoms with Crippen molar-refractivity contribution in [3.05, 3.63) is 28.8 Å². The zero-order valence-electron chi connectivity index (χ0n) is 10.3. The molecule has 0 unspecified atom stereocenters. The van der Waals surface area contributed by atoms with Crippen LogP contribution in [0.4, 0.5) is 13.2 Å². The summed E-state index contributed by atoms with van der Waals surface area (Å²) >= 11 is 0.314. The van der Waals surface area contributed by atoms with Gasteiger partial charge in [-0.3, -0.25) is 0 Å². The first kappa shape index (κ1) is 14.5. The second-order valence-electron chi connectivity index (χ2n) is 3.66. The Morgan fingerprint density at radius 2 is 2.00 bits per heavy atom. The molecule has 0 fully saturated rings. The van der Waals surface area contributed by atoms with Gasteiger partial charge in [0.2, 0.25) is 5.01 Å². The lowest BCUT2D eigenvalue weighted by atomic mass is 10.2. The quantitative estimate of drug-likeness (QED) is 0.940. The van der Waals surface area contributed by atoms with Crippen LogP contribution < -0.4 is 15.2 Å². The summed E-state index contributed by atoms with van der Waals surface area (Å²) in [5.41, 5.74) is 6.29. The zero-order valence-corrected chi connectivity index (χ0v) is 11.1. The number of hydrogen-bond donors (Lipinski definition) is 1. The Morgan fingerprint density at radius 3 is 2.55 bits per heavy atom. The molecule has 0 amide bonds. The fourth-order valence-corrected chi connectivity index (χ4v) is 1.96. The first-order chi connectivity index (χ1) is 9.44. The summed E-state index contributed by atoms with van der Waals surface area (Å²) in [7, 11) is 1.42. The van der Waals surface area contributed by atoms with Crippen LogP contribution >= 0.6 is 11.3 Å². The second kappa shape index (κ2) is 5.63. The second-order valence-corrected chi connectivity index (χ2v) is 4.60. The van der Waals surface area contributed by atoms with Gasteiger partial charge >= 0.3 is 6.18 Å². The van der Waals surface area contributed by atoms with Crippen molar-refractivity contribution in [3.8, 4) is 16.7 Å². The molecule has 1 heterocycles. The van der Waals surface area contributed by atoms with Gasteiger partial charge in [0.15, 0.2) is 11.5 Å². The monoisotopic (exact) mass is 305 g/mol. The summed E-state index contributed by atoms with van der Waals surface area (Å²) in [4.78, 5) is 0. The summed E-state index contributed by atoms with van der Waals surface area (Å²) in [6.45, 7) is 0.313. The van der Waals surface area contributed by atoms with Crippen LogP contribution in [0.5, 0.6) is 16.7 Å². The highest BCUT2D eigenvalue weighted by molar-refractivity contribution is 7.13. The molecule has 9 heteroatoms. The number of benzene rings is 1. The molecule has 1 aromatic carbocycles. The van der Waals surface area contributed by atoms with E-state index in [4.69, 9.17) is 15.2 Å². The largest absolute Gasteiger partial charge is 0.493 e. The molecular weight excluding hydrogens is 295 g/mol. The minimum Gasteiger partial charge on any atom is -0.493 e. The van der Waals surface area contributed by atoms with Gasteiger partial charge in [0, 0.05) is 6.54 Å². The van der Waals surface area contributed by atoms with Crippen molar-refractivity contribution >= 4 is 11.3 Å². The summed E-state index contributed by atoms with van der Waals surface area (Å²) in [5, 5.41) is 5.10. The maximum atomic E-state index is 12.4. The van der Waals surface area contributed by atoms with E-state index >= 15 is 0 Å². The average molecular weight is 305 g/mol. The maximum Gasteiger partial charge on any atom is 0.445 e. The highest BCUT2D eigenvalue weighted by Crippen LogP contribution is 2.37. The Labute approximate surface area is 116 Å². The Kier molecular flexibility index (Phi) is 4.09. The van der Waals surface area contributed by atoms with Crippen molar-refractivity contribution in [2.45, 2.75) is 12.7 Å². The molecule has 0 spiro atoms. The van der Waals surface area contributed by atoms with E-state index in [9.17, 15) is 13.2 Å². The van der Waals surface area contributed by atoms with E-state index in [1.807, 2.05) is 0 Å². The molecular formula is C11H10F3N3O2S. The van der Waals surface area contributed by atoms with Gasteiger partial charge in [-0.15, -0.1) is 5.10 Å². The highest BCUT2D eigenvalue weighted by atomic mass is 32.1. The van der Waals surface area contributed by atoms with Crippen LogP contribution in [-0.2, 0) is 12.7 Å². The Balaban J connectivity index is 2.23. The third kappa shape index (κ3) is 3.17. The van der Waals surface area contributed by atoms with E-state index in [1.165, 1.54) is 7.11 Å². The third-order valence-corrected chi connectivity index (χ3v) is 3.16. The smallest absolute Gasteiger partial charge is 0.445 e. The fraction of sp³-hybridized carbons (Fsp3) is 0.273. The topological polar surface area (TPSA) is 70.3 Å². The molecule has 0 aliphatic rings. The third-order valence-electron chi connectivity index (χ3n) is 2.31. The predicted octanol–water partition coefficient (Wildman–Crippen LogP) is 2.82. The number of methoxy groups -OCH3 is 1. The molecule has 0 aliphatic carbocycles. The van der Waals surface area contributed by atoms with E-state index in [-0.39, 0.29) is 10.9 Å². The van der Waals surface area contributed by atoms with Crippen LogP contribution in [0.3, 0.4) is 0 Å². The van der Waals surface area contributed by atoms with Crippen molar-refractivity contribution in [2.75, 3.05) is 7.11 Å². The van der Waals surface area contributed by atoms with Crippen LogP contribution in [0.2, 0.25) is 0 Å². The zero-order chi connectivity index (χ0) is 14.8. The molecule has 2 rings (SSSR count). The number of nitrogens with zero attached hydrogens (tertiary/aromatic N) is 2. The number of aromatic nitrogens is 2. The van der Waals surface area contributed by atoms with Gasteiger partial charge in [-0.2, -0.15) is 13.2 Å². The molecule has 0 saturated carbocycles. The summed E-state index contributed by atoms with van der Waals surface area (Å²) in [6, 6.07) is 4.88. The van der Waals surface area contributed by atoms with Crippen molar-refractivity contribution in [3.63, 3.8) is 0 Å². The van der Waals surface area contributed by atoms with Crippen molar-refractivity contribution < 1.29 is 22.6 Å². The van der Waals surface area contributed by atoms with E-state index in [0.717, 1.165) is 5.56 Å². The highest BCUT2D eigenvalue weighted by Gasteiger charge is 2.36. The van der Waals surface area contributed by atoms with E-state index in [2.05, 4.69) is 10.2 Å². The molecule has 20 heavy (non-hydrogen) atoms. The van der Waals surface area contributed by atoms with Crippen LogP contribution in [0.25, 0.3) is 0 Å². The van der Waals surface area contributed by atoms with Gasteiger partial charge in [-0.1, -0.05) is 22.5 Å². The van der Waals surface area contributed by atoms with Gasteiger partial charge in [0.05, 0.1) is 7.11 Å². The Hall–Kier alpha value is -1.87. The maximum absolute atomic E-state index is 12.4. The lowest BCUT2D eigenvalue weighted by Gasteiger charge is -2.09. The lowest BCUT2D eigenvalue weighted by molar-refractivity contribution is -0.138. The van der Waals surface area contributed by atoms with Crippen molar-refractivity contribution in [2.24, 2.45) is 5.73 Å². The van der Waals surface area contributed by atoms with E-state index < -0.39 is 11.2 Å². The Bertz CT molecular complexity index is 601. The van der Waals surface area contributed by atoms with E-state index in [1.54, 1.807) is 18.2 Å². The predicted molar refractivity (Wildman–Crippen MR) is 65.9 cm³/mol. The van der Waals surface area contributed by atoms with Gasteiger partial charge in [-0.05, 0) is 17.7 Å². The molecule has 108 valence electrons. The van der Waals surface area contributed by atoms with Crippen LogP contribution in [0.1, 0.15) is 10.6 Å². The molecule has 0 radical (unpaired) electrons. The van der Waals surface area contributed by atoms with Gasteiger partial charge in [0.1, 0.15) is 0 Å². The SMILES string of the molecule is COc1cc(CN)ccc1Oc1nnc(C(F)(F)F)s1. The van der Waals surface area contributed by atoms with Gasteiger partial charge in [-0.25, -0.2) is 0 Å². The molecule has 1 aromatic heterocycles. The van der Waals surface area contributed by atoms with Gasteiger partial charge < -0.3 is 15.2 Å². The summed E-state index contributed by atoms with van der Waals surface area (Å²) < 4.78 is 47.5. The standard InChI is InChI=1S/C11H10F3N3O2S/c1-18-8-4-6(5-15)2-3-7(8)19-10-17-16-9(20-10)11(12,13)14/h2-4H,5,15H2,1H3. The molecule has 2 aromatic rings. The average Bonchev–Trinajstić information content (AvgIpc) is 2.87. The van der Waals surface area contributed by atoms with Crippen LogP contribution in [0.15, 0.2) is 18.2 Å². The van der Waals surface area contributed by atoms with Crippen LogP contribution in [0, 0.1) is 0 Å². The Morgan fingerprint density at radius 1 is 1.25 bits per heavy atom. The molecule has 0 atom stereocenters. The number of halogens is 3. The van der Waals surface area contributed by atoms with Crippen molar-refractivity contribution in [1.29, 1.82) is 0 Å². The fourth-order valence-electron chi connectivity index (χ4n) is 1.38. The summed E-state index contributed by atoms with van der Waals surface area (Å²) in [6.07, 6.45) is -4.53. The number of rotatable bonds is 4. The van der Waals surface area contributed by atoms with Gasteiger partial charge in [0.25, 0.3) is 5.19 Å². The number of nitrogens with two attached hydrogens (primary N) is 1. The van der Waals surface area contributed by atoms with Crippen LogP contribution in [-0.4, -0.2) is 17.3 Å². The minimum atomic E-state index is -4.53. The number of alkyl halides is 3. The molecule has 5 nitrogen and oxygen atoms in total.